The Hall–Kier alpha value is -0.820. The number of hydrogen-bond acceptors (Lipinski definition) is 1. The molecular formula is C12H16O. The molecule has 1 nitrogen and oxygen atoms in total. The largest absolute Gasteiger partial charge is 0.393 e. The van der Waals surface area contributed by atoms with Gasteiger partial charge in [0, 0.05) is 0 Å². The van der Waals surface area contributed by atoms with E-state index in [1.54, 1.807) is 0 Å². The zero-order valence-electron chi connectivity index (χ0n) is 8.25. The Balaban J connectivity index is 2.50. The molecule has 70 valence electrons. The van der Waals surface area contributed by atoms with Gasteiger partial charge in [-0.1, -0.05) is 38.1 Å². The second-order valence-electron chi connectivity index (χ2n) is 4.60. The van der Waals surface area contributed by atoms with E-state index in [0.29, 0.717) is 0 Å². The summed E-state index contributed by atoms with van der Waals surface area (Å²) in [6.07, 6.45) is 1.54. The molecule has 0 fully saturated rings. The van der Waals surface area contributed by atoms with E-state index in [-0.39, 0.29) is 11.5 Å². The lowest BCUT2D eigenvalue weighted by atomic mass is 9.72. The van der Waals surface area contributed by atoms with Gasteiger partial charge >= 0.3 is 0 Å². The molecule has 1 aromatic rings. The Kier molecular flexibility index (Phi) is 1.92. The third-order valence-corrected chi connectivity index (χ3v) is 2.95. The molecule has 0 radical (unpaired) electrons. The minimum absolute atomic E-state index is 0.133. The zero-order valence-corrected chi connectivity index (χ0v) is 8.25. The lowest BCUT2D eigenvalue weighted by molar-refractivity contribution is 0.128. The maximum Gasteiger partial charge on any atom is 0.0589 e. The third kappa shape index (κ3) is 1.49. The van der Waals surface area contributed by atoms with E-state index in [1.807, 2.05) is 6.07 Å². The normalized spacial score (nSPS) is 25.3. The van der Waals surface area contributed by atoms with Crippen LogP contribution >= 0.6 is 0 Å². The lowest BCUT2D eigenvalue weighted by Gasteiger charge is -2.35. The number of aliphatic hydroxyl groups excluding tert-OH is 1. The highest BCUT2D eigenvalue weighted by molar-refractivity contribution is 5.36. The quantitative estimate of drug-likeness (QED) is 0.643. The van der Waals surface area contributed by atoms with Gasteiger partial charge < -0.3 is 5.11 Å². The van der Waals surface area contributed by atoms with E-state index in [4.69, 9.17) is 0 Å². The standard InChI is InChI=1S/C12H16O/c1-12(2)8-10(13)7-9-5-3-4-6-11(9)12/h3-6,10,13H,7-8H2,1-2H3/t10-/m0/s1. The molecule has 1 heteroatoms. The Morgan fingerprint density at radius 2 is 2.00 bits per heavy atom. The van der Waals surface area contributed by atoms with Crippen molar-refractivity contribution >= 4 is 0 Å². The number of hydrogen-bond donors (Lipinski definition) is 1. The molecule has 0 bridgehead atoms. The van der Waals surface area contributed by atoms with Crippen LogP contribution in [0.4, 0.5) is 0 Å². The lowest BCUT2D eigenvalue weighted by Crippen LogP contribution is -2.32. The monoisotopic (exact) mass is 176 g/mol. The molecule has 1 N–H and O–H groups in total. The summed E-state index contributed by atoms with van der Waals surface area (Å²) in [5, 5.41) is 9.69. The van der Waals surface area contributed by atoms with Gasteiger partial charge in [-0.3, -0.25) is 0 Å². The molecule has 1 aromatic carbocycles. The molecule has 0 heterocycles. The van der Waals surface area contributed by atoms with Crippen molar-refractivity contribution in [3.8, 4) is 0 Å². The van der Waals surface area contributed by atoms with Gasteiger partial charge in [0.2, 0.25) is 0 Å². The molecule has 0 amide bonds. The van der Waals surface area contributed by atoms with Crippen LogP contribution in [0.3, 0.4) is 0 Å². The minimum Gasteiger partial charge on any atom is -0.393 e. The van der Waals surface area contributed by atoms with E-state index in [9.17, 15) is 5.11 Å². The molecule has 0 unspecified atom stereocenters. The van der Waals surface area contributed by atoms with Crippen LogP contribution in [-0.4, -0.2) is 11.2 Å². The molecule has 13 heavy (non-hydrogen) atoms. The van der Waals surface area contributed by atoms with E-state index in [1.165, 1.54) is 11.1 Å². The molecule has 2 rings (SSSR count). The third-order valence-electron chi connectivity index (χ3n) is 2.95. The summed E-state index contributed by atoms with van der Waals surface area (Å²) in [4.78, 5) is 0. The number of fused-ring (bicyclic) bond motifs is 1. The zero-order chi connectivity index (χ0) is 9.47. The van der Waals surface area contributed by atoms with Crippen molar-refractivity contribution in [2.45, 2.75) is 38.2 Å². The van der Waals surface area contributed by atoms with E-state index >= 15 is 0 Å². The highest BCUT2D eigenvalue weighted by Gasteiger charge is 2.31. The van der Waals surface area contributed by atoms with Gasteiger partial charge in [0.1, 0.15) is 0 Å². The first-order valence-corrected chi connectivity index (χ1v) is 4.86. The molecule has 1 aliphatic rings. The van der Waals surface area contributed by atoms with Crippen molar-refractivity contribution in [1.29, 1.82) is 0 Å². The summed E-state index contributed by atoms with van der Waals surface area (Å²) in [7, 11) is 0. The summed E-state index contributed by atoms with van der Waals surface area (Å²) in [5.74, 6) is 0. The Bertz CT molecular complexity index is 315. The highest BCUT2D eigenvalue weighted by atomic mass is 16.3. The van der Waals surface area contributed by atoms with Crippen LogP contribution in [0, 0.1) is 0 Å². The van der Waals surface area contributed by atoms with Gasteiger partial charge in [0.15, 0.2) is 0 Å². The van der Waals surface area contributed by atoms with Crippen LogP contribution in [0.15, 0.2) is 24.3 Å². The van der Waals surface area contributed by atoms with Crippen molar-refractivity contribution in [2.24, 2.45) is 0 Å². The first-order chi connectivity index (χ1) is 6.09. The van der Waals surface area contributed by atoms with Crippen LogP contribution < -0.4 is 0 Å². The molecule has 0 spiro atoms. The smallest absolute Gasteiger partial charge is 0.0589 e. The topological polar surface area (TPSA) is 20.2 Å². The van der Waals surface area contributed by atoms with Crippen molar-refractivity contribution in [3.05, 3.63) is 35.4 Å². The van der Waals surface area contributed by atoms with Gasteiger partial charge in [-0.05, 0) is 29.4 Å². The summed E-state index contributed by atoms with van der Waals surface area (Å²) >= 11 is 0. The van der Waals surface area contributed by atoms with Crippen molar-refractivity contribution in [1.82, 2.24) is 0 Å². The first kappa shape index (κ1) is 8.76. The van der Waals surface area contributed by atoms with E-state index in [2.05, 4.69) is 32.0 Å². The number of aliphatic hydroxyl groups is 1. The fourth-order valence-electron chi connectivity index (χ4n) is 2.38. The summed E-state index contributed by atoms with van der Waals surface area (Å²) in [6, 6.07) is 8.44. The molecule has 1 atom stereocenters. The van der Waals surface area contributed by atoms with Crippen molar-refractivity contribution in [2.75, 3.05) is 0 Å². The fraction of sp³-hybridized carbons (Fsp3) is 0.500. The maximum absolute atomic E-state index is 9.69. The summed E-state index contributed by atoms with van der Waals surface area (Å²) in [5.41, 5.74) is 2.85. The molecule has 0 aliphatic heterocycles. The average molecular weight is 176 g/mol. The van der Waals surface area contributed by atoms with Gasteiger partial charge in [-0.2, -0.15) is 0 Å². The maximum atomic E-state index is 9.69. The molecule has 0 saturated carbocycles. The second-order valence-corrected chi connectivity index (χ2v) is 4.60. The van der Waals surface area contributed by atoms with Crippen LogP contribution in [0.25, 0.3) is 0 Å². The average Bonchev–Trinajstić information content (AvgIpc) is 2.02. The molecule has 0 saturated heterocycles. The molecule has 1 aliphatic carbocycles. The van der Waals surface area contributed by atoms with E-state index < -0.39 is 0 Å². The van der Waals surface area contributed by atoms with Gasteiger partial charge in [0.05, 0.1) is 6.10 Å². The van der Waals surface area contributed by atoms with Crippen molar-refractivity contribution < 1.29 is 5.11 Å². The number of rotatable bonds is 0. The first-order valence-electron chi connectivity index (χ1n) is 4.86. The van der Waals surface area contributed by atoms with Gasteiger partial charge in [0.25, 0.3) is 0 Å². The van der Waals surface area contributed by atoms with Crippen LogP contribution in [0.2, 0.25) is 0 Å². The summed E-state index contributed by atoms with van der Waals surface area (Å²) < 4.78 is 0. The number of benzene rings is 1. The van der Waals surface area contributed by atoms with Crippen LogP contribution in [0.1, 0.15) is 31.4 Å². The highest BCUT2D eigenvalue weighted by Crippen LogP contribution is 2.36. The van der Waals surface area contributed by atoms with Gasteiger partial charge in [-0.15, -0.1) is 0 Å². The predicted octanol–water partition coefficient (Wildman–Crippen LogP) is 2.27. The van der Waals surface area contributed by atoms with Crippen molar-refractivity contribution in [3.63, 3.8) is 0 Å². The molecule has 0 aromatic heterocycles. The Morgan fingerprint density at radius 3 is 2.77 bits per heavy atom. The second kappa shape index (κ2) is 2.85. The SMILES string of the molecule is CC1(C)C[C@@H](O)Cc2ccccc21. The predicted molar refractivity (Wildman–Crippen MR) is 53.8 cm³/mol. The van der Waals surface area contributed by atoms with E-state index in [0.717, 1.165) is 12.8 Å². The molecular weight excluding hydrogens is 160 g/mol. The fourth-order valence-corrected chi connectivity index (χ4v) is 2.38. The Labute approximate surface area is 79.4 Å². The van der Waals surface area contributed by atoms with Crippen LogP contribution in [-0.2, 0) is 11.8 Å². The summed E-state index contributed by atoms with van der Waals surface area (Å²) in [6.45, 7) is 4.41. The Morgan fingerprint density at radius 1 is 1.31 bits per heavy atom. The van der Waals surface area contributed by atoms with Crippen LogP contribution in [0.5, 0.6) is 0 Å². The minimum atomic E-state index is -0.162. The van der Waals surface area contributed by atoms with Gasteiger partial charge in [-0.25, -0.2) is 0 Å².